The summed E-state index contributed by atoms with van der Waals surface area (Å²) in [6.07, 6.45) is 6.98. The van der Waals surface area contributed by atoms with Crippen LogP contribution in [0.15, 0.2) is 36.7 Å². The number of rotatable bonds is 5. The molecular weight excluding hydrogens is 316 g/mol. The minimum atomic E-state index is -0.00191. The average Bonchev–Trinajstić information content (AvgIpc) is 3.05. The molecule has 0 spiro atoms. The van der Waals surface area contributed by atoms with E-state index < -0.39 is 0 Å². The third-order valence-corrected chi connectivity index (χ3v) is 4.45. The molecule has 25 heavy (non-hydrogen) atoms. The summed E-state index contributed by atoms with van der Waals surface area (Å²) >= 11 is 0. The number of likely N-dealkylation sites (tertiary alicyclic amines) is 1. The Labute approximate surface area is 147 Å². The summed E-state index contributed by atoms with van der Waals surface area (Å²) < 4.78 is 7.51. The van der Waals surface area contributed by atoms with Gasteiger partial charge in [-0.3, -0.25) is 9.48 Å². The van der Waals surface area contributed by atoms with Crippen LogP contribution in [0.3, 0.4) is 0 Å². The number of hydrogen-bond acceptors (Lipinski definition) is 4. The van der Waals surface area contributed by atoms with Crippen LogP contribution >= 0.6 is 0 Å². The number of hydrogen-bond donors (Lipinski definition) is 0. The van der Waals surface area contributed by atoms with Gasteiger partial charge in [0.2, 0.25) is 0 Å². The molecule has 0 unspecified atom stereocenters. The van der Waals surface area contributed by atoms with Crippen LogP contribution in [0.2, 0.25) is 0 Å². The number of carbonyl (C=O) groups is 1. The van der Waals surface area contributed by atoms with E-state index in [2.05, 4.69) is 11.2 Å². The summed E-state index contributed by atoms with van der Waals surface area (Å²) in [6.45, 7) is 3.51. The normalized spacial score (nSPS) is 17.1. The number of ether oxygens (including phenoxy) is 1. The summed E-state index contributed by atoms with van der Waals surface area (Å²) in [6, 6.07) is 9.02. The molecule has 3 rings (SSSR count). The van der Waals surface area contributed by atoms with Gasteiger partial charge in [-0.1, -0.05) is 0 Å². The fourth-order valence-corrected chi connectivity index (χ4v) is 3.16. The van der Waals surface area contributed by atoms with E-state index >= 15 is 0 Å². The zero-order valence-electron chi connectivity index (χ0n) is 14.4. The van der Waals surface area contributed by atoms with Gasteiger partial charge in [-0.05, 0) is 56.0 Å². The van der Waals surface area contributed by atoms with Crippen LogP contribution in [0.4, 0.5) is 0 Å². The molecule has 2 aromatic rings. The Morgan fingerprint density at radius 3 is 2.84 bits per heavy atom. The number of aryl methyl sites for hydroxylation is 1. The second kappa shape index (κ2) is 7.84. The topological polar surface area (TPSA) is 71.2 Å². The quantitative estimate of drug-likeness (QED) is 0.840. The molecule has 1 aromatic carbocycles. The van der Waals surface area contributed by atoms with Crippen molar-refractivity contribution in [3.05, 3.63) is 47.8 Å². The standard InChI is InChI=1S/C19H22N4O2/c1-15-11-21-22(12-15)13-17-4-2-3-9-23(17)19(24)14-25-18-7-5-16(10-20)6-8-18/h5-8,11-12,17H,2-4,9,13-14H2,1H3/t17-/m1/s1. The maximum atomic E-state index is 12.6. The lowest BCUT2D eigenvalue weighted by Crippen LogP contribution is -2.47. The van der Waals surface area contributed by atoms with Gasteiger partial charge >= 0.3 is 0 Å². The molecule has 0 bridgehead atoms. The highest BCUT2D eigenvalue weighted by atomic mass is 16.5. The zero-order valence-corrected chi connectivity index (χ0v) is 14.4. The number of nitrogens with zero attached hydrogens (tertiary/aromatic N) is 4. The third-order valence-electron chi connectivity index (χ3n) is 4.45. The second-order valence-electron chi connectivity index (χ2n) is 6.40. The Hall–Kier alpha value is -2.81. The Balaban J connectivity index is 1.59. The van der Waals surface area contributed by atoms with Gasteiger partial charge in [0.15, 0.2) is 6.61 Å². The van der Waals surface area contributed by atoms with Gasteiger partial charge in [-0.15, -0.1) is 0 Å². The van der Waals surface area contributed by atoms with E-state index in [9.17, 15) is 4.79 Å². The van der Waals surface area contributed by atoms with Crippen molar-refractivity contribution in [2.24, 2.45) is 0 Å². The van der Waals surface area contributed by atoms with E-state index in [0.717, 1.165) is 37.9 Å². The molecule has 2 heterocycles. The van der Waals surface area contributed by atoms with Crippen molar-refractivity contribution < 1.29 is 9.53 Å². The maximum Gasteiger partial charge on any atom is 0.260 e. The minimum absolute atomic E-state index is 0.00191. The van der Waals surface area contributed by atoms with Gasteiger partial charge in [0.05, 0.1) is 30.4 Å². The Morgan fingerprint density at radius 2 is 2.16 bits per heavy atom. The SMILES string of the molecule is Cc1cnn(C[C@H]2CCCCN2C(=O)COc2ccc(C#N)cc2)c1. The van der Waals surface area contributed by atoms with Crippen molar-refractivity contribution >= 4 is 5.91 Å². The van der Waals surface area contributed by atoms with E-state index in [1.807, 2.05) is 28.9 Å². The predicted molar refractivity (Wildman–Crippen MR) is 93.0 cm³/mol. The van der Waals surface area contributed by atoms with E-state index in [0.29, 0.717) is 11.3 Å². The first-order valence-corrected chi connectivity index (χ1v) is 8.57. The highest BCUT2D eigenvalue weighted by molar-refractivity contribution is 5.78. The molecular formula is C19H22N4O2. The van der Waals surface area contributed by atoms with E-state index in [-0.39, 0.29) is 18.6 Å². The van der Waals surface area contributed by atoms with Crippen molar-refractivity contribution in [2.45, 2.75) is 38.8 Å². The molecule has 0 N–H and O–H groups in total. The molecule has 0 saturated carbocycles. The smallest absolute Gasteiger partial charge is 0.260 e. The first kappa shape index (κ1) is 17.0. The van der Waals surface area contributed by atoms with E-state index in [1.165, 1.54) is 0 Å². The highest BCUT2D eigenvalue weighted by Crippen LogP contribution is 2.19. The van der Waals surface area contributed by atoms with Crippen LogP contribution < -0.4 is 4.74 Å². The molecule has 6 nitrogen and oxygen atoms in total. The van der Waals surface area contributed by atoms with E-state index in [1.54, 1.807) is 24.3 Å². The highest BCUT2D eigenvalue weighted by Gasteiger charge is 2.27. The molecule has 0 radical (unpaired) electrons. The summed E-state index contributed by atoms with van der Waals surface area (Å²) in [5.74, 6) is 0.599. The van der Waals surface area contributed by atoms with Gasteiger partial charge in [0, 0.05) is 12.7 Å². The lowest BCUT2D eigenvalue weighted by Gasteiger charge is -2.35. The number of amides is 1. The average molecular weight is 338 g/mol. The fourth-order valence-electron chi connectivity index (χ4n) is 3.16. The molecule has 1 fully saturated rings. The molecule has 1 aromatic heterocycles. The molecule has 1 saturated heterocycles. The molecule has 1 aliphatic heterocycles. The molecule has 0 aliphatic carbocycles. The monoisotopic (exact) mass is 338 g/mol. The number of aromatic nitrogens is 2. The molecule has 1 amide bonds. The largest absolute Gasteiger partial charge is 0.484 e. The molecule has 1 aliphatic rings. The number of benzene rings is 1. The van der Waals surface area contributed by atoms with Gasteiger partial charge in [0.1, 0.15) is 5.75 Å². The fraction of sp³-hybridized carbons (Fsp3) is 0.421. The predicted octanol–water partition coefficient (Wildman–Crippen LogP) is 2.52. The first-order chi connectivity index (χ1) is 12.2. The summed E-state index contributed by atoms with van der Waals surface area (Å²) in [5.41, 5.74) is 1.70. The number of nitriles is 1. The van der Waals surface area contributed by atoms with Crippen LogP contribution in [-0.2, 0) is 11.3 Å². The van der Waals surface area contributed by atoms with Crippen molar-refractivity contribution in [2.75, 3.05) is 13.2 Å². The van der Waals surface area contributed by atoms with Crippen LogP contribution in [0.1, 0.15) is 30.4 Å². The Kier molecular flexibility index (Phi) is 5.34. The van der Waals surface area contributed by atoms with Gasteiger partial charge in [0.25, 0.3) is 5.91 Å². The number of carbonyl (C=O) groups excluding carboxylic acids is 1. The van der Waals surface area contributed by atoms with Gasteiger partial charge in [-0.2, -0.15) is 10.4 Å². The molecule has 6 heteroatoms. The van der Waals surface area contributed by atoms with Crippen LogP contribution in [0.25, 0.3) is 0 Å². The maximum absolute atomic E-state index is 12.6. The van der Waals surface area contributed by atoms with Crippen LogP contribution in [-0.4, -0.2) is 39.8 Å². The van der Waals surface area contributed by atoms with Crippen LogP contribution in [0.5, 0.6) is 5.75 Å². The van der Waals surface area contributed by atoms with Crippen molar-refractivity contribution in [3.8, 4) is 11.8 Å². The third kappa shape index (κ3) is 4.38. The first-order valence-electron chi connectivity index (χ1n) is 8.57. The lowest BCUT2D eigenvalue weighted by atomic mass is 10.0. The Bertz CT molecular complexity index is 760. The number of piperidine rings is 1. The van der Waals surface area contributed by atoms with Crippen LogP contribution in [0, 0.1) is 18.3 Å². The molecule has 130 valence electrons. The van der Waals surface area contributed by atoms with Gasteiger partial charge in [-0.25, -0.2) is 0 Å². The van der Waals surface area contributed by atoms with E-state index in [4.69, 9.17) is 10.00 Å². The Morgan fingerprint density at radius 1 is 1.36 bits per heavy atom. The summed E-state index contributed by atoms with van der Waals surface area (Å²) in [5, 5.41) is 13.1. The zero-order chi connectivity index (χ0) is 17.6. The van der Waals surface area contributed by atoms with Crippen molar-refractivity contribution in [1.82, 2.24) is 14.7 Å². The lowest BCUT2D eigenvalue weighted by molar-refractivity contribution is -0.137. The minimum Gasteiger partial charge on any atom is -0.484 e. The molecule has 1 atom stereocenters. The van der Waals surface area contributed by atoms with Gasteiger partial charge < -0.3 is 9.64 Å². The summed E-state index contributed by atoms with van der Waals surface area (Å²) in [7, 11) is 0. The second-order valence-corrected chi connectivity index (χ2v) is 6.40. The van der Waals surface area contributed by atoms with Crippen molar-refractivity contribution in [1.29, 1.82) is 5.26 Å². The van der Waals surface area contributed by atoms with Crippen molar-refractivity contribution in [3.63, 3.8) is 0 Å². The summed E-state index contributed by atoms with van der Waals surface area (Å²) in [4.78, 5) is 14.5.